The molecular weight excluding hydrogens is 246 g/mol. The van der Waals surface area contributed by atoms with Gasteiger partial charge in [-0.3, -0.25) is 0 Å². The van der Waals surface area contributed by atoms with E-state index in [1.165, 1.54) is 24.8 Å². The molecule has 106 valence electrons. The van der Waals surface area contributed by atoms with Crippen molar-refractivity contribution in [2.24, 2.45) is 10.9 Å². The van der Waals surface area contributed by atoms with Gasteiger partial charge in [-0.1, -0.05) is 36.8 Å². The van der Waals surface area contributed by atoms with E-state index in [0.29, 0.717) is 6.04 Å². The van der Waals surface area contributed by atoms with Gasteiger partial charge in [0.05, 0.1) is 6.04 Å². The number of amidine groups is 1. The second kappa shape index (κ2) is 6.12. The number of rotatable bonds is 4. The van der Waals surface area contributed by atoms with E-state index in [9.17, 15) is 0 Å². The van der Waals surface area contributed by atoms with Gasteiger partial charge in [0.15, 0.2) is 0 Å². The first-order chi connectivity index (χ1) is 9.86. The summed E-state index contributed by atoms with van der Waals surface area (Å²) in [6, 6.07) is 11.2. The van der Waals surface area contributed by atoms with Crippen molar-refractivity contribution in [1.82, 2.24) is 10.2 Å². The SMILES string of the molecule is CCN1C=CC(NC(c2ccccc2)C2CCC2)=NC1. The topological polar surface area (TPSA) is 27.6 Å². The van der Waals surface area contributed by atoms with Crippen LogP contribution in [0.1, 0.15) is 37.8 Å². The number of nitrogens with one attached hydrogen (secondary N) is 1. The van der Waals surface area contributed by atoms with Gasteiger partial charge >= 0.3 is 0 Å². The van der Waals surface area contributed by atoms with Crippen LogP contribution in [0.3, 0.4) is 0 Å². The van der Waals surface area contributed by atoms with Crippen LogP contribution < -0.4 is 5.32 Å². The largest absolute Gasteiger partial charge is 0.363 e. The molecule has 1 unspecified atom stereocenters. The molecule has 1 aromatic carbocycles. The molecule has 1 N–H and O–H groups in total. The van der Waals surface area contributed by atoms with Crippen LogP contribution in [0.25, 0.3) is 0 Å². The van der Waals surface area contributed by atoms with Gasteiger partial charge in [-0.2, -0.15) is 0 Å². The van der Waals surface area contributed by atoms with E-state index < -0.39 is 0 Å². The molecule has 3 heteroatoms. The van der Waals surface area contributed by atoms with E-state index in [0.717, 1.165) is 25.0 Å². The maximum absolute atomic E-state index is 4.63. The molecule has 1 aromatic rings. The molecule has 3 nitrogen and oxygen atoms in total. The van der Waals surface area contributed by atoms with Crippen LogP contribution in [-0.2, 0) is 0 Å². The lowest BCUT2D eigenvalue weighted by atomic mass is 9.77. The quantitative estimate of drug-likeness (QED) is 0.908. The lowest BCUT2D eigenvalue weighted by Gasteiger charge is -2.35. The summed E-state index contributed by atoms with van der Waals surface area (Å²) in [4.78, 5) is 6.83. The minimum absolute atomic E-state index is 0.404. The fraction of sp³-hybridized carbons (Fsp3) is 0.471. The maximum Gasteiger partial charge on any atom is 0.124 e. The van der Waals surface area contributed by atoms with Crippen LogP contribution in [0.2, 0.25) is 0 Å². The van der Waals surface area contributed by atoms with Crippen molar-refractivity contribution in [2.75, 3.05) is 13.2 Å². The van der Waals surface area contributed by atoms with E-state index in [1.54, 1.807) is 0 Å². The predicted octanol–water partition coefficient (Wildman–Crippen LogP) is 3.32. The summed E-state index contributed by atoms with van der Waals surface area (Å²) in [6.45, 7) is 3.93. The third-order valence-corrected chi connectivity index (χ3v) is 4.36. The number of hydrogen-bond acceptors (Lipinski definition) is 3. The van der Waals surface area contributed by atoms with E-state index >= 15 is 0 Å². The number of hydrogen-bond donors (Lipinski definition) is 1. The summed E-state index contributed by atoms with van der Waals surface area (Å²) >= 11 is 0. The maximum atomic E-state index is 4.63. The van der Waals surface area contributed by atoms with Gasteiger partial charge in [-0.15, -0.1) is 0 Å². The van der Waals surface area contributed by atoms with Crippen LogP contribution >= 0.6 is 0 Å². The van der Waals surface area contributed by atoms with Gasteiger partial charge < -0.3 is 10.2 Å². The van der Waals surface area contributed by atoms with E-state index in [2.05, 4.69) is 64.7 Å². The summed E-state index contributed by atoms with van der Waals surface area (Å²) in [6.07, 6.45) is 8.25. The zero-order valence-corrected chi connectivity index (χ0v) is 12.1. The van der Waals surface area contributed by atoms with Gasteiger partial charge in [0.25, 0.3) is 0 Å². The van der Waals surface area contributed by atoms with Crippen LogP contribution in [0.5, 0.6) is 0 Å². The van der Waals surface area contributed by atoms with Crippen LogP contribution in [0, 0.1) is 5.92 Å². The Kier molecular flexibility index (Phi) is 4.05. The Labute approximate surface area is 121 Å². The molecule has 1 fully saturated rings. The first-order valence-electron chi connectivity index (χ1n) is 7.65. The standard InChI is InChI=1S/C17H23N3/c1-2-20-12-11-16(18-13-20)19-17(15-9-6-10-15)14-7-4-3-5-8-14/h3-5,7-8,11-12,15,17H,2,6,9-10,13H2,1H3,(H,18,19). The molecule has 0 saturated heterocycles. The van der Waals surface area contributed by atoms with Crippen LogP contribution in [0.4, 0.5) is 0 Å². The van der Waals surface area contributed by atoms with Crippen molar-refractivity contribution < 1.29 is 0 Å². The Morgan fingerprint density at radius 2 is 2.10 bits per heavy atom. The number of benzene rings is 1. The lowest BCUT2D eigenvalue weighted by molar-refractivity contribution is 0.249. The molecular formula is C17H23N3. The van der Waals surface area contributed by atoms with E-state index in [-0.39, 0.29) is 0 Å². The molecule has 1 heterocycles. The Morgan fingerprint density at radius 1 is 1.30 bits per heavy atom. The molecule has 1 aliphatic carbocycles. The van der Waals surface area contributed by atoms with Crippen molar-refractivity contribution in [2.45, 2.75) is 32.2 Å². The average Bonchev–Trinajstić information content (AvgIpc) is 2.46. The summed E-state index contributed by atoms with van der Waals surface area (Å²) in [5.74, 6) is 1.77. The van der Waals surface area contributed by atoms with Gasteiger partial charge in [0.2, 0.25) is 0 Å². The first kappa shape index (κ1) is 13.2. The molecule has 1 atom stereocenters. The highest BCUT2D eigenvalue weighted by molar-refractivity contribution is 5.93. The predicted molar refractivity (Wildman–Crippen MR) is 83.5 cm³/mol. The molecule has 0 bridgehead atoms. The van der Waals surface area contributed by atoms with E-state index in [1.807, 2.05) is 0 Å². The summed E-state index contributed by atoms with van der Waals surface area (Å²) in [5.41, 5.74) is 1.38. The highest BCUT2D eigenvalue weighted by Crippen LogP contribution is 2.37. The molecule has 20 heavy (non-hydrogen) atoms. The third kappa shape index (κ3) is 2.87. The smallest absolute Gasteiger partial charge is 0.124 e. The molecule has 0 radical (unpaired) electrons. The monoisotopic (exact) mass is 269 g/mol. The highest BCUT2D eigenvalue weighted by Gasteiger charge is 2.29. The second-order valence-electron chi connectivity index (χ2n) is 5.63. The fourth-order valence-electron chi connectivity index (χ4n) is 2.81. The lowest BCUT2D eigenvalue weighted by Crippen LogP contribution is -2.37. The number of nitrogens with zero attached hydrogens (tertiary/aromatic N) is 2. The Morgan fingerprint density at radius 3 is 2.65 bits per heavy atom. The van der Waals surface area contributed by atoms with Crippen LogP contribution in [0.15, 0.2) is 47.6 Å². The van der Waals surface area contributed by atoms with Crippen molar-refractivity contribution >= 4 is 5.84 Å². The first-order valence-corrected chi connectivity index (χ1v) is 7.65. The van der Waals surface area contributed by atoms with E-state index in [4.69, 9.17) is 0 Å². The normalized spacial score (nSPS) is 20.2. The minimum Gasteiger partial charge on any atom is -0.363 e. The van der Waals surface area contributed by atoms with Gasteiger partial charge in [0, 0.05) is 12.7 Å². The Balaban J connectivity index is 1.71. The fourth-order valence-corrected chi connectivity index (χ4v) is 2.81. The molecule has 3 rings (SSSR count). The molecule has 1 aliphatic heterocycles. The highest BCUT2D eigenvalue weighted by atomic mass is 15.2. The zero-order chi connectivity index (χ0) is 13.8. The molecule has 0 spiro atoms. The summed E-state index contributed by atoms with van der Waals surface area (Å²) in [5, 5.41) is 3.66. The summed E-state index contributed by atoms with van der Waals surface area (Å²) in [7, 11) is 0. The number of aliphatic imine (C=N–C) groups is 1. The van der Waals surface area contributed by atoms with Gasteiger partial charge in [-0.25, -0.2) is 4.99 Å². The van der Waals surface area contributed by atoms with Crippen molar-refractivity contribution in [3.05, 3.63) is 48.2 Å². The average molecular weight is 269 g/mol. The van der Waals surface area contributed by atoms with Crippen molar-refractivity contribution in [3.63, 3.8) is 0 Å². The van der Waals surface area contributed by atoms with Crippen LogP contribution in [-0.4, -0.2) is 23.9 Å². The van der Waals surface area contributed by atoms with Gasteiger partial charge in [0.1, 0.15) is 12.5 Å². The Hall–Kier alpha value is -1.77. The summed E-state index contributed by atoms with van der Waals surface area (Å²) < 4.78 is 0. The minimum atomic E-state index is 0.404. The third-order valence-electron chi connectivity index (χ3n) is 4.36. The molecule has 2 aliphatic rings. The van der Waals surface area contributed by atoms with Crippen molar-refractivity contribution in [3.8, 4) is 0 Å². The Bertz CT molecular complexity index is 488. The van der Waals surface area contributed by atoms with Crippen molar-refractivity contribution in [1.29, 1.82) is 0 Å². The molecule has 1 saturated carbocycles. The molecule has 0 amide bonds. The van der Waals surface area contributed by atoms with Gasteiger partial charge in [-0.05, 0) is 37.3 Å². The zero-order valence-electron chi connectivity index (χ0n) is 12.1. The molecule has 0 aromatic heterocycles. The second-order valence-corrected chi connectivity index (χ2v) is 5.63.